The molecule has 0 bridgehead atoms. The average molecular weight is 238 g/mol. The van der Waals surface area contributed by atoms with Crippen LogP contribution in [0.2, 0.25) is 0 Å². The lowest BCUT2D eigenvalue weighted by Gasteiger charge is -2.44. The van der Waals surface area contributed by atoms with Crippen molar-refractivity contribution in [1.82, 2.24) is 4.90 Å². The predicted molar refractivity (Wildman–Crippen MR) is 74.1 cm³/mol. The molecule has 2 fully saturated rings. The zero-order valence-electron chi connectivity index (χ0n) is 11.8. The van der Waals surface area contributed by atoms with Crippen LogP contribution in [0.25, 0.3) is 0 Å². The summed E-state index contributed by atoms with van der Waals surface area (Å²) < 4.78 is 0. The highest BCUT2D eigenvalue weighted by atomic mass is 15.2. The Balaban J connectivity index is 1.99. The van der Waals surface area contributed by atoms with E-state index in [9.17, 15) is 0 Å². The third kappa shape index (κ3) is 2.85. The fraction of sp³-hybridized carbons (Fsp3) is 1.00. The molecule has 2 N–H and O–H groups in total. The van der Waals surface area contributed by atoms with Gasteiger partial charge in [0.25, 0.3) is 0 Å². The summed E-state index contributed by atoms with van der Waals surface area (Å²) in [5.74, 6) is 0.790. The molecule has 1 aliphatic carbocycles. The summed E-state index contributed by atoms with van der Waals surface area (Å²) in [5, 5.41) is 0. The minimum atomic E-state index is 0.380. The molecule has 2 rings (SSSR count). The van der Waals surface area contributed by atoms with Crippen molar-refractivity contribution >= 4 is 0 Å². The van der Waals surface area contributed by atoms with Gasteiger partial charge in [-0.25, -0.2) is 0 Å². The van der Waals surface area contributed by atoms with Gasteiger partial charge < -0.3 is 5.73 Å². The van der Waals surface area contributed by atoms with E-state index in [1.807, 2.05) is 0 Å². The number of hydrogen-bond acceptors (Lipinski definition) is 2. The van der Waals surface area contributed by atoms with Crippen LogP contribution in [-0.2, 0) is 0 Å². The third-order valence-corrected chi connectivity index (χ3v) is 4.95. The van der Waals surface area contributed by atoms with E-state index in [1.165, 1.54) is 64.5 Å². The van der Waals surface area contributed by atoms with Crippen LogP contribution in [0, 0.1) is 5.92 Å². The predicted octanol–water partition coefficient (Wildman–Crippen LogP) is 3.16. The molecule has 1 saturated heterocycles. The minimum Gasteiger partial charge on any atom is -0.326 e. The summed E-state index contributed by atoms with van der Waals surface area (Å²) in [6.45, 7) is 7.22. The first-order valence-electron chi connectivity index (χ1n) is 7.66. The first-order valence-corrected chi connectivity index (χ1v) is 7.66. The number of nitrogens with zero attached hydrogens (tertiary/aromatic N) is 1. The Hall–Kier alpha value is -0.0800. The molecule has 0 spiro atoms. The van der Waals surface area contributed by atoms with E-state index in [4.69, 9.17) is 5.73 Å². The summed E-state index contributed by atoms with van der Waals surface area (Å²) in [6, 6.07) is 0.408. The van der Waals surface area contributed by atoms with Crippen LogP contribution >= 0.6 is 0 Å². The lowest BCUT2D eigenvalue weighted by Crippen LogP contribution is -2.57. The number of hydrogen-bond donors (Lipinski definition) is 1. The Labute approximate surface area is 107 Å². The van der Waals surface area contributed by atoms with Gasteiger partial charge in [0.1, 0.15) is 0 Å². The van der Waals surface area contributed by atoms with Gasteiger partial charge in [0.05, 0.1) is 0 Å². The second-order valence-corrected chi connectivity index (χ2v) is 6.58. The van der Waals surface area contributed by atoms with Crippen molar-refractivity contribution in [2.24, 2.45) is 11.7 Å². The second kappa shape index (κ2) is 5.71. The summed E-state index contributed by atoms with van der Waals surface area (Å²) >= 11 is 0. The molecule has 0 radical (unpaired) electrons. The molecule has 1 saturated carbocycles. The van der Waals surface area contributed by atoms with E-state index in [2.05, 4.69) is 18.7 Å². The Kier molecular flexibility index (Phi) is 4.48. The lowest BCUT2D eigenvalue weighted by atomic mass is 9.83. The molecule has 2 nitrogen and oxygen atoms in total. The Morgan fingerprint density at radius 1 is 1.00 bits per heavy atom. The molecule has 0 aromatic rings. The quantitative estimate of drug-likeness (QED) is 0.797. The van der Waals surface area contributed by atoms with Gasteiger partial charge in [-0.15, -0.1) is 0 Å². The number of nitrogens with two attached hydrogens (primary N) is 1. The van der Waals surface area contributed by atoms with Crippen molar-refractivity contribution < 1.29 is 0 Å². The lowest BCUT2D eigenvalue weighted by molar-refractivity contribution is 0.0866. The molecular formula is C15H30N2. The van der Waals surface area contributed by atoms with Crippen molar-refractivity contribution in [3.8, 4) is 0 Å². The van der Waals surface area contributed by atoms with Gasteiger partial charge in [0, 0.05) is 11.6 Å². The topological polar surface area (TPSA) is 29.3 Å². The van der Waals surface area contributed by atoms with E-state index in [-0.39, 0.29) is 0 Å². The first kappa shape index (κ1) is 13.4. The summed E-state index contributed by atoms with van der Waals surface area (Å²) in [6.07, 6.45) is 10.8. The fourth-order valence-corrected chi connectivity index (χ4v) is 3.85. The molecule has 0 amide bonds. The molecule has 1 unspecified atom stereocenters. The highest BCUT2D eigenvalue weighted by molar-refractivity contribution is 5.03. The maximum atomic E-state index is 6.60. The minimum absolute atomic E-state index is 0.380. The SMILES string of the molecule is CC(C)CCC(N)C1(N2CCCC2)CCCC1. The largest absolute Gasteiger partial charge is 0.326 e. The third-order valence-electron chi connectivity index (χ3n) is 4.95. The van der Waals surface area contributed by atoms with Crippen molar-refractivity contribution in [2.75, 3.05) is 13.1 Å². The maximum absolute atomic E-state index is 6.60. The second-order valence-electron chi connectivity index (χ2n) is 6.58. The van der Waals surface area contributed by atoms with Gasteiger partial charge in [0.2, 0.25) is 0 Å². The van der Waals surface area contributed by atoms with Crippen molar-refractivity contribution in [2.45, 2.75) is 76.8 Å². The molecule has 2 aliphatic rings. The first-order chi connectivity index (χ1) is 8.15. The van der Waals surface area contributed by atoms with E-state index in [0.717, 1.165) is 5.92 Å². The molecular weight excluding hydrogens is 208 g/mol. The molecule has 1 aliphatic heterocycles. The van der Waals surface area contributed by atoms with Gasteiger partial charge in [-0.2, -0.15) is 0 Å². The smallest absolute Gasteiger partial charge is 0.0360 e. The van der Waals surface area contributed by atoms with Gasteiger partial charge in [-0.05, 0) is 57.5 Å². The van der Waals surface area contributed by atoms with E-state index >= 15 is 0 Å². The summed E-state index contributed by atoms with van der Waals surface area (Å²) in [7, 11) is 0. The van der Waals surface area contributed by atoms with Crippen molar-refractivity contribution in [3.63, 3.8) is 0 Å². The van der Waals surface area contributed by atoms with Gasteiger partial charge in [0.15, 0.2) is 0 Å². The zero-order chi connectivity index (χ0) is 12.3. The Morgan fingerprint density at radius 2 is 1.59 bits per heavy atom. The van der Waals surface area contributed by atoms with Gasteiger partial charge in [-0.3, -0.25) is 4.90 Å². The average Bonchev–Trinajstić information content (AvgIpc) is 2.95. The highest BCUT2D eigenvalue weighted by Gasteiger charge is 2.44. The van der Waals surface area contributed by atoms with Crippen LogP contribution in [-0.4, -0.2) is 29.6 Å². The maximum Gasteiger partial charge on any atom is 0.0360 e. The Morgan fingerprint density at radius 3 is 2.12 bits per heavy atom. The summed E-state index contributed by atoms with van der Waals surface area (Å²) in [5.41, 5.74) is 6.98. The highest BCUT2D eigenvalue weighted by Crippen LogP contribution is 2.40. The van der Waals surface area contributed by atoms with Crippen molar-refractivity contribution in [3.05, 3.63) is 0 Å². The van der Waals surface area contributed by atoms with E-state index in [0.29, 0.717) is 11.6 Å². The molecule has 0 aromatic carbocycles. The van der Waals surface area contributed by atoms with E-state index < -0.39 is 0 Å². The normalized spacial score (nSPS) is 26.8. The molecule has 0 aromatic heterocycles. The van der Waals surface area contributed by atoms with Crippen molar-refractivity contribution in [1.29, 1.82) is 0 Å². The molecule has 17 heavy (non-hydrogen) atoms. The van der Waals surface area contributed by atoms with Crippen LogP contribution in [0.1, 0.15) is 65.2 Å². The van der Waals surface area contributed by atoms with Crippen LogP contribution in [0.5, 0.6) is 0 Å². The van der Waals surface area contributed by atoms with Gasteiger partial charge >= 0.3 is 0 Å². The van der Waals surface area contributed by atoms with Crippen LogP contribution in [0.4, 0.5) is 0 Å². The molecule has 2 heteroatoms. The zero-order valence-corrected chi connectivity index (χ0v) is 11.8. The summed E-state index contributed by atoms with van der Waals surface area (Å²) in [4.78, 5) is 2.74. The molecule has 1 heterocycles. The van der Waals surface area contributed by atoms with Gasteiger partial charge in [-0.1, -0.05) is 26.7 Å². The van der Waals surface area contributed by atoms with Crippen LogP contribution < -0.4 is 5.73 Å². The monoisotopic (exact) mass is 238 g/mol. The number of rotatable bonds is 5. The molecule has 1 atom stereocenters. The van der Waals surface area contributed by atoms with E-state index in [1.54, 1.807) is 0 Å². The fourth-order valence-electron chi connectivity index (χ4n) is 3.85. The van der Waals surface area contributed by atoms with Crippen LogP contribution in [0.15, 0.2) is 0 Å². The van der Waals surface area contributed by atoms with Crippen LogP contribution in [0.3, 0.4) is 0 Å². The number of likely N-dealkylation sites (tertiary alicyclic amines) is 1. The Bertz CT molecular complexity index is 225. The molecule has 100 valence electrons. The standard InChI is InChI=1S/C15H30N2/c1-13(2)7-8-14(16)15(9-3-4-10-15)17-11-5-6-12-17/h13-14H,3-12,16H2,1-2H3.